The summed E-state index contributed by atoms with van der Waals surface area (Å²) in [6.45, 7) is 9.33. The Hall–Kier alpha value is -2.31. The standard InChI is InChI=1S/C22H24ClN3O2S/c1-13-11-16(14(2)25-29(28)22(3,4)5)19-17(12-13)21(27)26(6)20(24-19)15-9-7-8-10-18(15)23/h7-12H,1-6H3/b25-14-/t29-/m1/s1. The zero-order chi connectivity index (χ0) is 21.5. The van der Waals surface area contributed by atoms with Crippen molar-refractivity contribution in [3.05, 3.63) is 62.9 Å². The number of hydrogen-bond acceptors (Lipinski definition) is 3. The van der Waals surface area contributed by atoms with Crippen molar-refractivity contribution in [2.45, 2.75) is 39.4 Å². The summed E-state index contributed by atoms with van der Waals surface area (Å²) >= 11 is 6.36. The molecule has 3 rings (SSSR count). The van der Waals surface area contributed by atoms with E-state index in [-0.39, 0.29) is 5.56 Å². The second kappa shape index (κ2) is 7.84. The SMILES string of the molecule is C/C(=N/[S@](=O)C(C)(C)C)c1cc(C)cc2c(=O)n(C)c(-c3ccccc3Cl)nc12. The van der Waals surface area contributed by atoms with Gasteiger partial charge in [0.15, 0.2) is 0 Å². The van der Waals surface area contributed by atoms with Gasteiger partial charge in [0.2, 0.25) is 0 Å². The van der Waals surface area contributed by atoms with Gasteiger partial charge in [-0.25, -0.2) is 9.19 Å². The maximum Gasteiger partial charge on any atom is 0.261 e. The van der Waals surface area contributed by atoms with Gasteiger partial charge in [-0.05, 0) is 64.4 Å². The lowest BCUT2D eigenvalue weighted by atomic mass is 10.0. The van der Waals surface area contributed by atoms with Gasteiger partial charge in [-0.3, -0.25) is 9.36 Å². The van der Waals surface area contributed by atoms with Crippen molar-refractivity contribution in [1.29, 1.82) is 0 Å². The number of halogens is 1. The number of aryl methyl sites for hydroxylation is 1. The first kappa shape index (κ1) is 21.4. The zero-order valence-corrected chi connectivity index (χ0v) is 19.0. The third-order valence-corrected chi connectivity index (χ3v) is 6.39. The maximum absolute atomic E-state index is 13.1. The number of rotatable bonds is 3. The molecule has 0 radical (unpaired) electrons. The molecule has 152 valence electrons. The number of nitrogens with zero attached hydrogens (tertiary/aromatic N) is 3. The number of hydrogen-bond donors (Lipinski definition) is 0. The normalized spacial score (nSPS) is 13.7. The van der Waals surface area contributed by atoms with Crippen LogP contribution in [0.5, 0.6) is 0 Å². The van der Waals surface area contributed by atoms with Gasteiger partial charge in [0.05, 0.1) is 26.4 Å². The minimum Gasteiger partial charge on any atom is -0.295 e. The Morgan fingerprint density at radius 3 is 2.48 bits per heavy atom. The fourth-order valence-electron chi connectivity index (χ4n) is 2.99. The molecular formula is C22H24ClN3O2S. The third-order valence-electron chi connectivity index (χ3n) is 4.57. The van der Waals surface area contributed by atoms with Crippen molar-refractivity contribution < 1.29 is 4.21 Å². The Morgan fingerprint density at radius 2 is 1.86 bits per heavy atom. The first-order valence-electron chi connectivity index (χ1n) is 9.24. The quantitative estimate of drug-likeness (QED) is 0.560. The highest BCUT2D eigenvalue weighted by Crippen LogP contribution is 2.28. The Kier molecular flexibility index (Phi) is 5.79. The second-order valence-electron chi connectivity index (χ2n) is 8.03. The molecule has 29 heavy (non-hydrogen) atoms. The molecule has 0 aliphatic carbocycles. The molecule has 0 amide bonds. The van der Waals surface area contributed by atoms with Crippen LogP contribution in [0.2, 0.25) is 5.02 Å². The third kappa shape index (κ3) is 4.19. The van der Waals surface area contributed by atoms with E-state index in [0.717, 1.165) is 5.56 Å². The van der Waals surface area contributed by atoms with Crippen LogP contribution < -0.4 is 5.56 Å². The summed E-state index contributed by atoms with van der Waals surface area (Å²) < 4.78 is 18.0. The molecule has 0 fully saturated rings. The maximum atomic E-state index is 13.1. The van der Waals surface area contributed by atoms with Gasteiger partial charge < -0.3 is 0 Å². The smallest absolute Gasteiger partial charge is 0.261 e. The van der Waals surface area contributed by atoms with E-state index in [1.165, 1.54) is 4.57 Å². The lowest BCUT2D eigenvalue weighted by Gasteiger charge is -2.16. The van der Waals surface area contributed by atoms with E-state index >= 15 is 0 Å². The van der Waals surface area contributed by atoms with Crippen molar-refractivity contribution >= 4 is 39.2 Å². The first-order chi connectivity index (χ1) is 13.5. The Labute approximate surface area is 178 Å². The van der Waals surface area contributed by atoms with Crippen molar-refractivity contribution in [2.75, 3.05) is 0 Å². The minimum atomic E-state index is -1.42. The minimum absolute atomic E-state index is 0.167. The Balaban J connectivity index is 2.35. The van der Waals surface area contributed by atoms with Crippen molar-refractivity contribution in [3.8, 4) is 11.4 Å². The van der Waals surface area contributed by atoms with E-state index in [1.807, 2.05) is 58.0 Å². The van der Waals surface area contributed by atoms with E-state index in [9.17, 15) is 9.00 Å². The molecule has 3 aromatic rings. The fraction of sp³-hybridized carbons (Fsp3) is 0.318. The van der Waals surface area contributed by atoms with Gasteiger partial charge in [-0.2, -0.15) is 4.40 Å². The molecule has 0 aliphatic heterocycles. The average Bonchev–Trinajstić information content (AvgIpc) is 2.64. The van der Waals surface area contributed by atoms with E-state index < -0.39 is 15.7 Å². The Morgan fingerprint density at radius 1 is 1.21 bits per heavy atom. The monoisotopic (exact) mass is 429 g/mol. The predicted molar refractivity (Wildman–Crippen MR) is 122 cm³/mol. The number of benzene rings is 2. The molecule has 1 atom stereocenters. The van der Waals surface area contributed by atoms with Gasteiger partial charge in [-0.15, -0.1) is 0 Å². The van der Waals surface area contributed by atoms with Crippen LogP contribution >= 0.6 is 11.6 Å². The van der Waals surface area contributed by atoms with Crippen LogP contribution in [-0.2, 0) is 18.0 Å². The molecule has 1 heterocycles. The second-order valence-corrected chi connectivity index (χ2v) is 10.3. The molecule has 5 nitrogen and oxygen atoms in total. The number of fused-ring (bicyclic) bond motifs is 1. The molecule has 0 saturated carbocycles. The van der Waals surface area contributed by atoms with Gasteiger partial charge in [0.1, 0.15) is 16.8 Å². The Bertz CT molecular complexity index is 1220. The summed E-state index contributed by atoms with van der Waals surface area (Å²) in [5.41, 5.74) is 3.23. The van der Waals surface area contributed by atoms with E-state index in [4.69, 9.17) is 16.6 Å². The summed E-state index contributed by atoms with van der Waals surface area (Å²) in [6, 6.07) is 11.0. The first-order valence-corrected chi connectivity index (χ1v) is 10.7. The summed E-state index contributed by atoms with van der Waals surface area (Å²) in [6.07, 6.45) is 0. The lowest BCUT2D eigenvalue weighted by Crippen LogP contribution is -2.22. The fourth-order valence-corrected chi connectivity index (χ4v) is 3.83. The summed E-state index contributed by atoms with van der Waals surface area (Å²) in [4.78, 5) is 17.9. The molecule has 0 bridgehead atoms. The van der Waals surface area contributed by atoms with Crippen LogP contribution in [0.3, 0.4) is 0 Å². The highest BCUT2D eigenvalue weighted by Gasteiger charge is 2.21. The van der Waals surface area contributed by atoms with Crippen LogP contribution in [0.15, 0.2) is 45.6 Å². The zero-order valence-electron chi connectivity index (χ0n) is 17.4. The van der Waals surface area contributed by atoms with Crippen LogP contribution in [0.1, 0.15) is 38.8 Å². The van der Waals surface area contributed by atoms with E-state index in [1.54, 1.807) is 20.0 Å². The van der Waals surface area contributed by atoms with Crippen molar-refractivity contribution in [1.82, 2.24) is 9.55 Å². The number of aromatic nitrogens is 2. The lowest BCUT2D eigenvalue weighted by molar-refractivity contribution is 0.650. The summed E-state index contributed by atoms with van der Waals surface area (Å²) in [7, 11) is 0.269. The molecular weight excluding hydrogens is 406 g/mol. The summed E-state index contributed by atoms with van der Waals surface area (Å²) in [5.74, 6) is 0.475. The van der Waals surface area contributed by atoms with Gasteiger partial charge in [0.25, 0.3) is 5.56 Å². The van der Waals surface area contributed by atoms with Crippen LogP contribution in [0.25, 0.3) is 22.3 Å². The van der Waals surface area contributed by atoms with E-state index in [2.05, 4.69) is 4.40 Å². The van der Waals surface area contributed by atoms with Crippen LogP contribution in [0, 0.1) is 6.92 Å². The van der Waals surface area contributed by atoms with Gasteiger partial charge >= 0.3 is 0 Å². The van der Waals surface area contributed by atoms with Crippen LogP contribution in [-0.4, -0.2) is 24.2 Å². The summed E-state index contributed by atoms with van der Waals surface area (Å²) in [5, 5.41) is 1.01. The largest absolute Gasteiger partial charge is 0.295 e. The average molecular weight is 430 g/mol. The molecule has 1 aromatic heterocycles. The molecule has 0 spiro atoms. The molecule has 2 aromatic carbocycles. The van der Waals surface area contributed by atoms with Crippen LogP contribution in [0.4, 0.5) is 0 Å². The predicted octanol–water partition coefficient (Wildman–Crippen LogP) is 4.83. The molecule has 0 N–H and O–H groups in total. The topological polar surface area (TPSA) is 64.3 Å². The van der Waals surface area contributed by atoms with Crippen molar-refractivity contribution in [3.63, 3.8) is 0 Å². The van der Waals surface area contributed by atoms with Crippen molar-refractivity contribution in [2.24, 2.45) is 11.4 Å². The van der Waals surface area contributed by atoms with Gasteiger partial charge in [-0.1, -0.05) is 23.7 Å². The highest BCUT2D eigenvalue weighted by molar-refractivity contribution is 7.85. The van der Waals surface area contributed by atoms with E-state index in [0.29, 0.717) is 38.6 Å². The molecule has 7 heteroatoms. The molecule has 0 unspecified atom stereocenters. The van der Waals surface area contributed by atoms with Gasteiger partial charge in [0, 0.05) is 18.2 Å². The molecule has 0 aliphatic rings. The highest BCUT2D eigenvalue weighted by atomic mass is 35.5. The molecule has 0 saturated heterocycles.